The molecule has 224 valence electrons. The first-order valence-electron chi connectivity index (χ1n) is 13.5. The van der Waals surface area contributed by atoms with Gasteiger partial charge in [-0.15, -0.1) is 0 Å². The zero-order chi connectivity index (χ0) is 30.7. The molecule has 2 aromatic heterocycles. The number of nitrogens with one attached hydrogen (secondary N) is 2. The summed E-state index contributed by atoms with van der Waals surface area (Å²) in [4.78, 5) is 34.1. The first-order valence-corrected chi connectivity index (χ1v) is 14.3. The number of aromatic nitrogens is 4. The Balaban J connectivity index is 1.41. The van der Waals surface area contributed by atoms with Crippen LogP contribution in [0.2, 0.25) is 10.0 Å². The summed E-state index contributed by atoms with van der Waals surface area (Å²) in [5.74, 6) is 0.00687. The number of methoxy groups -OCH3 is 1. The van der Waals surface area contributed by atoms with Gasteiger partial charge in [-0.3, -0.25) is 9.59 Å². The average molecular weight is 626 g/mol. The first kappa shape index (κ1) is 30.6. The van der Waals surface area contributed by atoms with E-state index in [0.717, 1.165) is 10.2 Å². The third-order valence-electron chi connectivity index (χ3n) is 7.11. The first-order chi connectivity index (χ1) is 20.7. The molecule has 0 unspecified atom stereocenters. The molecule has 1 fully saturated rings. The van der Waals surface area contributed by atoms with Crippen LogP contribution in [0, 0.1) is 6.92 Å². The Kier molecular flexibility index (Phi) is 9.38. The SMILES string of the molecule is COc1nc(-c2cccc(-c3cccc(NC(=O)c4nc(C)nn(C)c4=O)c3Cl)c2Cl)ccc1CN[C@@H]1CCOC[C@@H]1O. The van der Waals surface area contributed by atoms with E-state index in [9.17, 15) is 14.7 Å². The summed E-state index contributed by atoms with van der Waals surface area (Å²) >= 11 is 13.7. The Labute approximate surface area is 257 Å². The molecule has 5 rings (SSSR count). The molecule has 2 aromatic carbocycles. The Morgan fingerprint density at radius 2 is 1.81 bits per heavy atom. The molecule has 0 aliphatic carbocycles. The van der Waals surface area contributed by atoms with Crippen molar-refractivity contribution in [3.05, 3.63) is 86.0 Å². The van der Waals surface area contributed by atoms with Crippen LogP contribution < -0.4 is 20.9 Å². The highest BCUT2D eigenvalue weighted by molar-refractivity contribution is 6.39. The number of pyridine rings is 1. The maximum absolute atomic E-state index is 12.9. The summed E-state index contributed by atoms with van der Waals surface area (Å²) in [6.07, 6.45) is 0.139. The predicted molar refractivity (Wildman–Crippen MR) is 164 cm³/mol. The summed E-state index contributed by atoms with van der Waals surface area (Å²) in [6.45, 7) is 2.95. The normalized spacial score (nSPS) is 16.6. The molecule has 2 atom stereocenters. The highest BCUT2D eigenvalue weighted by Gasteiger charge is 2.24. The summed E-state index contributed by atoms with van der Waals surface area (Å²) in [5.41, 5.74) is 2.63. The van der Waals surface area contributed by atoms with Gasteiger partial charge in [0.1, 0.15) is 5.82 Å². The van der Waals surface area contributed by atoms with Crippen molar-refractivity contribution in [3.8, 4) is 28.3 Å². The zero-order valence-electron chi connectivity index (χ0n) is 23.7. The topological polar surface area (TPSA) is 140 Å². The van der Waals surface area contributed by atoms with Gasteiger partial charge in [0.2, 0.25) is 5.88 Å². The molecule has 1 aliphatic heterocycles. The molecule has 43 heavy (non-hydrogen) atoms. The van der Waals surface area contributed by atoms with E-state index in [0.29, 0.717) is 59.5 Å². The monoisotopic (exact) mass is 624 g/mol. The van der Waals surface area contributed by atoms with Gasteiger partial charge in [-0.25, -0.2) is 14.6 Å². The van der Waals surface area contributed by atoms with E-state index in [1.165, 1.54) is 7.05 Å². The largest absolute Gasteiger partial charge is 0.481 e. The quantitative estimate of drug-likeness (QED) is 0.265. The van der Waals surface area contributed by atoms with Gasteiger partial charge in [0, 0.05) is 48.5 Å². The second-order valence-electron chi connectivity index (χ2n) is 10.0. The molecule has 11 nitrogen and oxygen atoms in total. The number of anilines is 1. The number of carbonyl (C=O) groups is 1. The van der Waals surface area contributed by atoms with Crippen molar-refractivity contribution in [2.75, 3.05) is 25.6 Å². The predicted octanol–water partition coefficient (Wildman–Crippen LogP) is 4.02. The van der Waals surface area contributed by atoms with Crippen molar-refractivity contribution in [2.45, 2.75) is 32.0 Å². The van der Waals surface area contributed by atoms with E-state index in [1.807, 2.05) is 30.3 Å². The molecule has 3 heterocycles. The van der Waals surface area contributed by atoms with Gasteiger partial charge >= 0.3 is 0 Å². The summed E-state index contributed by atoms with van der Waals surface area (Å²) in [6, 6.07) is 14.3. The maximum atomic E-state index is 12.9. The van der Waals surface area contributed by atoms with Gasteiger partial charge in [0.15, 0.2) is 5.69 Å². The molecular formula is C30H30Cl2N6O5. The standard InChI is InChI=1S/C30H30Cl2N6O5/c1-16-34-27(30(41)38(2)37-16)28(40)35-23-9-5-7-19(26(23)32)18-6-4-8-20(25(18)31)21-11-10-17(29(36-21)42-3)14-33-22-12-13-43-15-24(22)39/h4-11,22,24,33,39H,12-15H2,1-3H3,(H,35,40)/t22-,24+/m1/s1. The van der Waals surface area contributed by atoms with Crippen LogP contribution in [-0.2, 0) is 18.3 Å². The van der Waals surface area contributed by atoms with Gasteiger partial charge in [0.25, 0.3) is 11.5 Å². The van der Waals surface area contributed by atoms with E-state index in [1.54, 1.807) is 32.2 Å². The lowest BCUT2D eigenvalue weighted by Crippen LogP contribution is -2.46. The van der Waals surface area contributed by atoms with Crippen LogP contribution in [0.3, 0.4) is 0 Å². The second kappa shape index (κ2) is 13.2. The lowest BCUT2D eigenvalue weighted by molar-refractivity contribution is -0.0281. The minimum Gasteiger partial charge on any atom is -0.481 e. The van der Waals surface area contributed by atoms with E-state index in [4.69, 9.17) is 37.7 Å². The molecule has 0 spiro atoms. The number of nitrogens with zero attached hydrogens (tertiary/aromatic N) is 4. The lowest BCUT2D eigenvalue weighted by atomic mass is 10.00. The molecule has 0 radical (unpaired) electrons. The van der Waals surface area contributed by atoms with Crippen molar-refractivity contribution in [3.63, 3.8) is 0 Å². The van der Waals surface area contributed by atoms with Crippen molar-refractivity contribution < 1.29 is 19.4 Å². The fourth-order valence-electron chi connectivity index (χ4n) is 4.88. The van der Waals surface area contributed by atoms with E-state index >= 15 is 0 Å². The number of hydrogen-bond donors (Lipinski definition) is 3. The Bertz CT molecular complexity index is 1730. The summed E-state index contributed by atoms with van der Waals surface area (Å²) in [5, 5.41) is 20.8. The Morgan fingerprint density at radius 1 is 1.09 bits per heavy atom. The van der Waals surface area contributed by atoms with Crippen LogP contribution in [0.15, 0.2) is 53.3 Å². The van der Waals surface area contributed by atoms with Gasteiger partial charge in [-0.2, -0.15) is 5.10 Å². The number of aliphatic hydroxyl groups is 1. The van der Waals surface area contributed by atoms with Crippen LogP contribution in [0.5, 0.6) is 5.88 Å². The third-order valence-corrected chi connectivity index (χ3v) is 7.92. The average Bonchev–Trinajstić information content (AvgIpc) is 3.00. The number of aliphatic hydroxyl groups excluding tert-OH is 1. The summed E-state index contributed by atoms with van der Waals surface area (Å²) < 4.78 is 11.9. The van der Waals surface area contributed by atoms with Crippen LogP contribution in [-0.4, -0.2) is 63.2 Å². The molecular weight excluding hydrogens is 595 g/mol. The van der Waals surface area contributed by atoms with E-state index < -0.39 is 17.6 Å². The lowest BCUT2D eigenvalue weighted by Gasteiger charge is -2.28. The smallest absolute Gasteiger partial charge is 0.298 e. The highest BCUT2D eigenvalue weighted by Crippen LogP contribution is 2.41. The molecule has 3 N–H and O–H groups in total. The van der Waals surface area contributed by atoms with Crippen molar-refractivity contribution >= 4 is 34.8 Å². The highest BCUT2D eigenvalue weighted by atomic mass is 35.5. The van der Waals surface area contributed by atoms with Crippen molar-refractivity contribution in [2.24, 2.45) is 7.05 Å². The van der Waals surface area contributed by atoms with Crippen LogP contribution in [0.25, 0.3) is 22.4 Å². The molecule has 0 saturated carbocycles. The number of amides is 1. The molecule has 4 aromatic rings. The molecule has 1 amide bonds. The number of rotatable bonds is 8. The fourth-order valence-corrected chi connectivity index (χ4v) is 5.48. The Hall–Kier alpha value is -3.87. The minimum atomic E-state index is -0.706. The van der Waals surface area contributed by atoms with Crippen molar-refractivity contribution in [1.82, 2.24) is 25.1 Å². The molecule has 13 heteroatoms. The molecule has 0 bridgehead atoms. The maximum Gasteiger partial charge on any atom is 0.298 e. The Morgan fingerprint density at radius 3 is 2.56 bits per heavy atom. The van der Waals surface area contributed by atoms with E-state index in [-0.39, 0.29) is 28.3 Å². The van der Waals surface area contributed by atoms with Gasteiger partial charge in [0.05, 0.1) is 41.2 Å². The number of ether oxygens (including phenoxy) is 2. The van der Waals surface area contributed by atoms with Gasteiger partial charge < -0.3 is 25.2 Å². The van der Waals surface area contributed by atoms with Gasteiger partial charge in [-0.05, 0) is 25.5 Å². The molecule has 1 saturated heterocycles. The minimum absolute atomic E-state index is 0.0787. The fraction of sp³-hybridized carbons (Fsp3) is 0.300. The van der Waals surface area contributed by atoms with Crippen molar-refractivity contribution in [1.29, 1.82) is 0 Å². The zero-order valence-corrected chi connectivity index (χ0v) is 25.2. The number of aryl methyl sites for hydroxylation is 2. The van der Waals surface area contributed by atoms with Crippen LogP contribution in [0.4, 0.5) is 5.69 Å². The van der Waals surface area contributed by atoms with Gasteiger partial charge in [-0.1, -0.05) is 59.6 Å². The van der Waals surface area contributed by atoms with E-state index in [2.05, 4.69) is 20.7 Å². The number of hydrogen-bond acceptors (Lipinski definition) is 9. The van der Waals surface area contributed by atoms with Crippen LogP contribution >= 0.6 is 23.2 Å². The molecule has 1 aliphatic rings. The second-order valence-corrected chi connectivity index (χ2v) is 10.8. The number of halogens is 2. The number of benzene rings is 2. The van der Waals surface area contributed by atoms with Crippen LogP contribution in [0.1, 0.15) is 28.3 Å². The third kappa shape index (κ3) is 6.56. The summed E-state index contributed by atoms with van der Waals surface area (Å²) in [7, 11) is 3.00. The number of carbonyl (C=O) groups excluding carboxylic acids is 1.